The van der Waals surface area contributed by atoms with Crippen LogP contribution >= 0.6 is 0 Å². The highest BCUT2D eigenvalue weighted by molar-refractivity contribution is 5.81. The van der Waals surface area contributed by atoms with Gasteiger partial charge in [0.15, 0.2) is 0 Å². The van der Waals surface area contributed by atoms with Gasteiger partial charge in [-0.2, -0.15) is 0 Å². The smallest absolute Gasteiger partial charge is 0.328 e. The molecule has 1 unspecified atom stereocenters. The molecule has 0 spiro atoms. The van der Waals surface area contributed by atoms with Crippen molar-refractivity contribution in [1.29, 1.82) is 0 Å². The molecule has 0 heterocycles. The number of carboxylic acid groups (broad SMARTS) is 1. The number of hydrogen-bond acceptors (Lipinski definition) is 1. The topological polar surface area (TPSA) is 37.3 Å². The summed E-state index contributed by atoms with van der Waals surface area (Å²) in [6.07, 6.45) is 6.09. The van der Waals surface area contributed by atoms with Crippen LogP contribution in [0.15, 0.2) is 42.0 Å². The lowest BCUT2D eigenvalue weighted by Gasteiger charge is -2.27. The van der Waals surface area contributed by atoms with Gasteiger partial charge in [0.25, 0.3) is 0 Å². The van der Waals surface area contributed by atoms with E-state index >= 15 is 0 Å². The summed E-state index contributed by atoms with van der Waals surface area (Å²) in [5.41, 5.74) is 5.08. The molecular formula is C23H34O2. The summed E-state index contributed by atoms with van der Waals surface area (Å²) in [4.78, 5) is 10.7. The van der Waals surface area contributed by atoms with Crippen molar-refractivity contribution in [1.82, 2.24) is 0 Å². The van der Waals surface area contributed by atoms with E-state index in [4.69, 9.17) is 5.11 Å². The first-order valence-electron chi connectivity index (χ1n) is 9.04. The first kappa shape index (κ1) is 21.2. The molecule has 0 aliphatic rings. The van der Waals surface area contributed by atoms with Crippen LogP contribution in [0.3, 0.4) is 0 Å². The molecule has 1 N–H and O–H groups in total. The fourth-order valence-corrected chi connectivity index (χ4v) is 2.64. The molecule has 0 radical (unpaired) electrons. The van der Waals surface area contributed by atoms with Crippen LogP contribution in [0.1, 0.15) is 84.4 Å². The third-order valence-electron chi connectivity index (χ3n) is 4.48. The zero-order chi connectivity index (χ0) is 19.4. The third kappa shape index (κ3) is 6.89. The normalized spacial score (nSPS) is 14.8. The van der Waals surface area contributed by atoms with E-state index in [1.807, 2.05) is 13.0 Å². The van der Waals surface area contributed by atoms with Crippen LogP contribution in [0.25, 0.3) is 0 Å². The van der Waals surface area contributed by atoms with Crippen molar-refractivity contribution in [3.05, 3.63) is 58.7 Å². The lowest BCUT2D eigenvalue weighted by Crippen LogP contribution is -2.17. The Balaban J connectivity index is 3.10. The summed E-state index contributed by atoms with van der Waals surface area (Å²) in [6, 6.07) is 6.99. The predicted octanol–water partition coefficient (Wildman–Crippen LogP) is 6.36. The second kappa shape index (κ2) is 8.03. The van der Waals surface area contributed by atoms with E-state index in [2.05, 4.69) is 72.7 Å². The minimum atomic E-state index is -0.900. The lowest BCUT2D eigenvalue weighted by molar-refractivity contribution is -0.131. The third-order valence-corrected chi connectivity index (χ3v) is 4.48. The molecule has 2 nitrogen and oxygen atoms in total. The van der Waals surface area contributed by atoms with Crippen LogP contribution in [0.5, 0.6) is 0 Å². The Bertz CT molecular complexity index is 632. The van der Waals surface area contributed by atoms with Gasteiger partial charge in [0, 0.05) is 6.08 Å². The van der Waals surface area contributed by atoms with E-state index in [0.29, 0.717) is 5.92 Å². The molecule has 1 rings (SSSR count). The van der Waals surface area contributed by atoms with Gasteiger partial charge in [-0.15, -0.1) is 0 Å². The van der Waals surface area contributed by atoms with E-state index in [9.17, 15) is 4.79 Å². The van der Waals surface area contributed by atoms with Gasteiger partial charge in [0.2, 0.25) is 0 Å². The lowest BCUT2D eigenvalue weighted by atomic mass is 9.78. The maximum absolute atomic E-state index is 10.7. The standard InChI is InChI=1S/C23H34O2/c1-16(12-21(24)25)10-9-11-17(2)18-13-19(22(3,4)5)15-20(14-18)23(6,7)8/h9-10,12-15,17H,11H2,1-8H3,(H,24,25)/b10-9+,16-12+. The summed E-state index contributed by atoms with van der Waals surface area (Å²) in [7, 11) is 0. The van der Waals surface area contributed by atoms with Crippen LogP contribution in [0.2, 0.25) is 0 Å². The summed E-state index contributed by atoms with van der Waals surface area (Å²) < 4.78 is 0. The first-order chi connectivity index (χ1) is 11.3. The van der Waals surface area contributed by atoms with Crippen molar-refractivity contribution in [2.24, 2.45) is 0 Å². The van der Waals surface area contributed by atoms with Crippen molar-refractivity contribution in [3.63, 3.8) is 0 Å². The van der Waals surface area contributed by atoms with Gasteiger partial charge >= 0.3 is 5.97 Å². The van der Waals surface area contributed by atoms with E-state index in [-0.39, 0.29) is 10.8 Å². The van der Waals surface area contributed by atoms with Crippen LogP contribution in [0.4, 0.5) is 0 Å². The number of carbonyl (C=O) groups is 1. The molecule has 0 fully saturated rings. The van der Waals surface area contributed by atoms with Crippen molar-refractivity contribution in [3.8, 4) is 0 Å². The van der Waals surface area contributed by atoms with Crippen LogP contribution in [-0.2, 0) is 15.6 Å². The maximum Gasteiger partial charge on any atom is 0.328 e. The highest BCUT2D eigenvalue weighted by Crippen LogP contribution is 2.33. The molecule has 138 valence electrons. The maximum atomic E-state index is 10.7. The average Bonchev–Trinajstić information content (AvgIpc) is 2.44. The van der Waals surface area contributed by atoms with Crippen LogP contribution in [-0.4, -0.2) is 11.1 Å². The quantitative estimate of drug-likeness (QED) is 0.499. The number of hydrogen-bond donors (Lipinski definition) is 1. The van der Waals surface area contributed by atoms with Crippen molar-refractivity contribution >= 4 is 5.97 Å². The highest BCUT2D eigenvalue weighted by Gasteiger charge is 2.21. The summed E-state index contributed by atoms with van der Waals surface area (Å²) >= 11 is 0. The molecular weight excluding hydrogens is 308 g/mol. The fourth-order valence-electron chi connectivity index (χ4n) is 2.64. The molecule has 0 amide bonds. The van der Waals surface area contributed by atoms with E-state index in [1.165, 1.54) is 22.8 Å². The number of allylic oxidation sites excluding steroid dienone is 3. The Kier molecular flexibility index (Phi) is 6.82. The summed E-state index contributed by atoms with van der Waals surface area (Å²) in [5, 5.41) is 8.77. The number of rotatable bonds is 5. The Morgan fingerprint density at radius 2 is 1.52 bits per heavy atom. The molecule has 0 aliphatic carbocycles. The molecule has 0 saturated heterocycles. The van der Waals surface area contributed by atoms with Gasteiger partial charge in [0.05, 0.1) is 0 Å². The Hall–Kier alpha value is -1.83. The fraction of sp³-hybridized carbons (Fsp3) is 0.522. The van der Waals surface area contributed by atoms with E-state index in [1.54, 1.807) is 0 Å². The Morgan fingerprint density at radius 1 is 1.04 bits per heavy atom. The number of carboxylic acids is 1. The predicted molar refractivity (Wildman–Crippen MR) is 107 cm³/mol. The van der Waals surface area contributed by atoms with Gasteiger partial charge < -0.3 is 5.11 Å². The Labute approximate surface area is 153 Å². The van der Waals surface area contributed by atoms with Crippen molar-refractivity contribution in [2.75, 3.05) is 0 Å². The molecule has 1 aromatic carbocycles. The number of benzene rings is 1. The zero-order valence-electron chi connectivity index (χ0n) is 17.1. The minimum absolute atomic E-state index is 0.117. The number of aliphatic carboxylic acids is 1. The summed E-state index contributed by atoms with van der Waals surface area (Å²) in [5.74, 6) is -0.514. The molecule has 2 heteroatoms. The average molecular weight is 343 g/mol. The molecule has 1 aromatic rings. The van der Waals surface area contributed by atoms with Gasteiger partial charge in [-0.1, -0.05) is 78.8 Å². The zero-order valence-corrected chi connectivity index (χ0v) is 17.1. The van der Waals surface area contributed by atoms with Gasteiger partial charge in [0.1, 0.15) is 0 Å². The van der Waals surface area contributed by atoms with Crippen LogP contribution in [0, 0.1) is 0 Å². The van der Waals surface area contributed by atoms with E-state index in [0.717, 1.165) is 12.0 Å². The molecule has 0 aliphatic heterocycles. The highest BCUT2D eigenvalue weighted by atomic mass is 16.4. The molecule has 0 aromatic heterocycles. The molecule has 0 saturated carbocycles. The van der Waals surface area contributed by atoms with Gasteiger partial charge in [-0.25, -0.2) is 4.79 Å². The molecule has 25 heavy (non-hydrogen) atoms. The van der Waals surface area contributed by atoms with E-state index < -0.39 is 5.97 Å². The largest absolute Gasteiger partial charge is 0.478 e. The van der Waals surface area contributed by atoms with Gasteiger partial charge in [-0.3, -0.25) is 0 Å². The molecule has 1 atom stereocenters. The first-order valence-corrected chi connectivity index (χ1v) is 9.04. The molecule has 0 bridgehead atoms. The van der Waals surface area contributed by atoms with Gasteiger partial charge in [-0.05, 0) is 52.4 Å². The Morgan fingerprint density at radius 3 is 1.92 bits per heavy atom. The second-order valence-electron chi connectivity index (χ2n) is 9.11. The SMILES string of the molecule is CC(/C=C/CC(C)c1cc(C(C)(C)C)cc(C(C)(C)C)c1)=C\C(=O)O. The monoisotopic (exact) mass is 342 g/mol. The van der Waals surface area contributed by atoms with Crippen molar-refractivity contribution in [2.45, 2.75) is 78.6 Å². The van der Waals surface area contributed by atoms with Crippen molar-refractivity contribution < 1.29 is 9.90 Å². The minimum Gasteiger partial charge on any atom is -0.478 e. The van der Waals surface area contributed by atoms with Crippen LogP contribution < -0.4 is 0 Å². The second-order valence-corrected chi connectivity index (χ2v) is 9.11. The summed E-state index contributed by atoms with van der Waals surface area (Å²) in [6.45, 7) is 17.6.